The molecule has 3 nitrogen and oxygen atoms in total. The average molecular weight is 339 g/mol. The van der Waals surface area contributed by atoms with Gasteiger partial charge in [0.1, 0.15) is 0 Å². The molecule has 0 amide bonds. The molecule has 2 saturated heterocycles. The molecular formula is C21H42N2O. The molecular weight excluding hydrogens is 296 g/mol. The minimum atomic E-state index is 0.000240. The first kappa shape index (κ1) is 20.2. The van der Waals surface area contributed by atoms with Gasteiger partial charge in [0.15, 0.2) is 0 Å². The van der Waals surface area contributed by atoms with Crippen LogP contribution in [0.5, 0.6) is 0 Å². The van der Waals surface area contributed by atoms with Crippen LogP contribution in [0.15, 0.2) is 0 Å². The zero-order valence-corrected chi connectivity index (χ0v) is 17.2. The van der Waals surface area contributed by atoms with Gasteiger partial charge < -0.3 is 9.64 Å². The highest BCUT2D eigenvalue weighted by Crippen LogP contribution is 2.31. The van der Waals surface area contributed by atoms with Crippen molar-refractivity contribution in [3.63, 3.8) is 0 Å². The van der Waals surface area contributed by atoms with Crippen molar-refractivity contribution in [3.05, 3.63) is 0 Å². The third-order valence-electron chi connectivity index (χ3n) is 5.88. The summed E-state index contributed by atoms with van der Waals surface area (Å²) in [4.78, 5) is 5.27. The van der Waals surface area contributed by atoms with Crippen molar-refractivity contribution in [2.75, 3.05) is 39.3 Å². The van der Waals surface area contributed by atoms with Crippen LogP contribution in [0, 0.1) is 11.8 Å². The van der Waals surface area contributed by atoms with Crippen molar-refractivity contribution in [2.45, 2.75) is 84.8 Å². The monoisotopic (exact) mass is 338 g/mol. The molecule has 0 aromatic carbocycles. The Morgan fingerprint density at radius 1 is 0.792 bits per heavy atom. The van der Waals surface area contributed by atoms with Crippen molar-refractivity contribution < 1.29 is 4.74 Å². The SMILES string of the molecule is CC(C)(C)OCCN1CCC(CC2CCN(C(C)(C)C)CC2)CC1. The summed E-state index contributed by atoms with van der Waals surface area (Å²) in [5.74, 6) is 1.94. The summed E-state index contributed by atoms with van der Waals surface area (Å²) in [5, 5.41) is 0. The molecule has 0 bridgehead atoms. The van der Waals surface area contributed by atoms with Crippen LogP contribution in [-0.2, 0) is 4.74 Å². The molecule has 2 rings (SSSR count). The van der Waals surface area contributed by atoms with Gasteiger partial charge in [-0.15, -0.1) is 0 Å². The van der Waals surface area contributed by atoms with E-state index in [2.05, 4.69) is 51.3 Å². The molecule has 0 aliphatic carbocycles. The van der Waals surface area contributed by atoms with Crippen LogP contribution in [0.4, 0.5) is 0 Å². The van der Waals surface area contributed by atoms with Gasteiger partial charge in [-0.2, -0.15) is 0 Å². The minimum Gasteiger partial charge on any atom is -0.375 e. The Balaban J connectivity index is 1.60. The molecule has 0 spiro atoms. The van der Waals surface area contributed by atoms with Crippen LogP contribution in [0.2, 0.25) is 0 Å². The summed E-state index contributed by atoms with van der Waals surface area (Å²) in [6.07, 6.45) is 7.10. The molecule has 0 atom stereocenters. The van der Waals surface area contributed by atoms with Crippen LogP contribution in [0.25, 0.3) is 0 Å². The van der Waals surface area contributed by atoms with Crippen LogP contribution < -0.4 is 0 Å². The maximum Gasteiger partial charge on any atom is 0.0600 e. The molecule has 0 aromatic heterocycles. The molecule has 2 aliphatic rings. The summed E-state index contributed by atoms with van der Waals surface area (Å²) in [5.41, 5.74) is 0.353. The molecule has 3 heteroatoms. The molecule has 24 heavy (non-hydrogen) atoms. The van der Waals surface area contributed by atoms with Crippen LogP contribution >= 0.6 is 0 Å². The number of piperidine rings is 2. The van der Waals surface area contributed by atoms with Crippen molar-refractivity contribution in [3.8, 4) is 0 Å². The van der Waals surface area contributed by atoms with Gasteiger partial charge in [0.25, 0.3) is 0 Å². The van der Waals surface area contributed by atoms with Gasteiger partial charge >= 0.3 is 0 Å². The zero-order chi connectivity index (χ0) is 17.8. The molecule has 0 aromatic rings. The lowest BCUT2D eigenvalue weighted by atomic mass is 9.82. The Hall–Kier alpha value is -0.120. The van der Waals surface area contributed by atoms with E-state index in [0.717, 1.165) is 25.0 Å². The number of hydrogen-bond acceptors (Lipinski definition) is 3. The van der Waals surface area contributed by atoms with Gasteiger partial charge in [0.2, 0.25) is 0 Å². The Labute approximate surface area is 151 Å². The predicted octanol–water partition coefficient (Wildman–Crippen LogP) is 4.41. The molecule has 0 unspecified atom stereocenters. The standard InChI is InChI=1S/C21H42N2O/c1-20(2,3)23-13-9-19(10-14-23)17-18-7-11-22(12-8-18)15-16-24-21(4,5)6/h18-19H,7-17H2,1-6H3. The molecule has 142 valence electrons. The Morgan fingerprint density at radius 3 is 1.75 bits per heavy atom. The first-order valence-corrected chi connectivity index (χ1v) is 10.2. The van der Waals surface area contributed by atoms with E-state index < -0.39 is 0 Å². The summed E-state index contributed by atoms with van der Waals surface area (Å²) >= 11 is 0. The quantitative estimate of drug-likeness (QED) is 0.738. The second-order valence-corrected chi connectivity index (χ2v) is 10.1. The normalized spacial score (nSPS) is 23.8. The number of rotatable bonds is 5. The maximum absolute atomic E-state index is 5.87. The summed E-state index contributed by atoms with van der Waals surface area (Å²) < 4.78 is 5.87. The van der Waals surface area contributed by atoms with Gasteiger partial charge in [0, 0.05) is 12.1 Å². The Morgan fingerprint density at radius 2 is 1.29 bits per heavy atom. The Kier molecular flexibility index (Phi) is 7.16. The molecule has 0 N–H and O–H groups in total. The first-order chi connectivity index (χ1) is 11.1. The highest BCUT2D eigenvalue weighted by molar-refractivity contribution is 4.83. The lowest BCUT2D eigenvalue weighted by Gasteiger charge is -2.42. The van der Waals surface area contributed by atoms with Gasteiger partial charge in [-0.1, -0.05) is 0 Å². The number of hydrogen-bond donors (Lipinski definition) is 0. The fourth-order valence-electron chi connectivity index (χ4n) is 4.24. The second-order valence-electron chi connectivity index (χ2n) is 10.1. The van der Waals surface area contributed by atoms with Gasteiger partial charge in [0.05, 0.1) is 12.2 Å². The summed E-state index contributed by atoms with van der Waals surface area (Å²) in [6.45, 7) is 20.6. The minimum absolute atomic E-state index is 0.000240. The van der Waals surface area contributed by atoms with Crippen molar-refractivity contribution in [1.29, 1.82) is 0 Å². The lowest BCUT2D eigenvalue weighted by Crippen LogP contribution is -2.46. The largest absolute Gasteiger partial charge is 0.375 e. The fourth-order valence-corrected chi connectivity index (χ4v) is 4.24. The van der Waals surface area contributed by atoms with Gasteiger partial charge in [-0.05, 0) is 112 Å². The molecule has 2 fully saturated rings. The highest BCUT2D eigenvalue weighted by atomic mass is 16.5. The zero-order valence-electron chi connectivity index (χ0n) is 17.2. The van der Waals surface area contributed by atoms with E-state index in [1.807, 2.05) is 0 Å². The van der Waals surface area contributed by atoms with Crippen molar-refractivity contribution in [2.24, 2.45) is 11.8 Å². The van der Waals surface area contributed by atoms with E-state index in [1.165, 1.54) is 58.3 Å². The van der Waals surface area contributed by atoms with Crippen molar-refractivity contribution >= 4 is 0 Å². The molecule has 0 radical (unpaired) electrons. The first-order valence-electron chi connectivity index (χ1n) is 10.2. The van der Waals surface area contributed by atoms with Crippen LogP contribution in [0.1, 0.15) is 73.6 Å². The van der Waals surface area contributed by atoms with Crippen LogP contribution in [0.3, 0.4) is 0 Å². The van der Waals surface area contributed by atoms with Gasteiger partial charge in [-0.25, -0.2) is 0 Å². The predicted molar refractivity (Wildman–Crippen MR) is 104 cm³/mol. The average Bonchev–Trinajstić information content (AvgIpc) is 2.47. The number of nitrogens with zero attached hydrogens (tertiary/aromatic N) is 2. The molecule has 2 heterocycles. The highest BCUT2D eigenvalue weighted by Gasteiger charge is 2.29. The smallest absolute Gasteiger partial charge is 0.0600 e. The summed E-state index contributed by atoms with van der Waals surface area (Å²) in [6, 6.07) is 0. The van der Waals surface area contributed by atoms with E-state index in [4.69, 9.17) is 4.74 Å². The lowest BCUT2D eigenvalue weighted by molar-refractivity contribution is -0.0168. The molecule has 0 saturated carbocycles. The Bertz CT molecular complexity index is 353. The fraction of sp³-hybridized carbons (Fsp3) is 1.00. The van der Waals surface area contributed by atoms with E-state index in [0.29, 0.717) is 5.54 Å². The second kappa shape index (κ2) is 8.51. The maximum atomic E-state index is 5.87. The number of ether oxygens (including phenoxy) is 1. The molecule has 2 aliphatic heterocycles. The summed E-state index contributed by atoms with van der Waals surface area (Å²) in [7, 11) is 0. The van der Waals surface area contributed by atoms with Crippen LogP contribution in [-0.4, -0.2) is 60.3 Å². The third kappa shape index (κ3) is 7.01. The number of likely N-dealkylation sites (tertiary alicyclic amines) is 2. The topological polar surface area (TPSA) is 15.7 Å². The van der Waals surface area contributed by atoms with Gasteiger partial charge in [-0.3, -0.25) is 4.90 Å². The van der Waals surface area contributed by atoms with E-state index in [-0.39, 0.29) is 5.60 Å². The van der Waals surface area contributed by atoms with E-state index >= 15 is 0 Å². The van der Waals surface area contributed by atoms with Crippen molar-refractivity contribution in [1.82, 2.24) is 9.80 Å². The third-order valence-corrected chi connectivity index (χ3v) is 5.88. The van der Waals surface area contributed by atoms with E-state index in [1.54, 1.807) is 0 Å². The van der Waals surface area contributed by atoms with E-state index in [9.17, 15) is 0 Å².